The molecule has 0 bridgehead atoms. The number of fused-ring (bicyclic) bond motifs is 10. The van der Waals surface area contributed by atoms with Crippen LogP contribution in [0, 0.1) is 17.9 Å². The number of thiophene rings is 2. The summed E-state index contributed by atoms with van der Waals surface area (Å²) in [4.78, 5) is 3.54. The molecule has 0 N–H and O–H groups in total. The fourth-order valence-corrected chi connectivity index (χ4v) is 9.86. The Bertz CT molecular complexity index is 3020. The smallest absolute Gasteiger partial charge is 0.187 e. The third-order valence-corrected chi connectivity index (χ3v) is 12.2. The Morgan fingerprint density at radius 2 is 1.10 bits per heavy atom. The van der Waals surface area contributed by atoms with Gasteiger partial charge in [-0.3, -0.25) is 0 Å². The Labute approximate surface area is 289 Å². The molecule has 0 spiro atoms. The summed E-state index contributed by atoms with van der Waals surface area (Å²) in [7, 11) is 0. The fraction of sp³-hybridized carbons (Fsp3) is 0. The highest BCUT2D eigenvalue weighted by Crippen LogP contribution is 2.46. The van der Waals surface area contributed by atoms with Crippen LogP contribution < -0.4 is 0 Å². The van der Waals surface area contributed by atoms with Crippen molar-refractivity contribution < 1.29 is 0 Å². The zero-order chi connectivity index (χ0) is 32.6. The molecule has 49 heavy (non-hydrogen) atoms. The minimum atomic E-state index is 0.637. The van der Waals surface area contributed by atoms with Gasteiger partial charge < -0.3 is 4.57 Å². The molecule has 0 unspecified atom stereocenters. The van der Waals surface area contributed by atoms with Gasteiger partial charge in [0, 0.05) is 47.3 Å². The highest BCUT2D eigenvalue weighted by Gasteiger charge is 2.18. The first-order chi connectivity index (χ1) is 24.2. The largest absolute Gasteiger partial charge is 0.309 e. The lowest BCUT2D eigenvalue weighted by atomic mass is 9.99. The molecule has 10 aromatic rings. The number of rotatable bonds is 3. The lowest BCUT2D eigenvalue weighted by Crippen LogP contribution is -1.98. The molecule has 0 radical (unpaired) electrons. The van der Waals surface area contributed by atoms with E-state index in [4.69, 9.17) is 6.57 Å². The monoisotopic (exact) mass is 657 g/mol. The lowest BCUT2D eigenvalue weighted by Gasteiger charge is -2.15. The van der Waals surface area contributed by atoms with Crippen LogP contribution in [0.5, 0.6) is 0 Å². The summed E-state index contributed by atoms with van der Waals surface area (Å²) in [6, 6.07) is 51.4. The minimum Gasteiger partial charge on any atom is -0.309 e. The number of nitriles is 1. The van der Waals surface area contributed by atoms with Gasteiger partial charge in [0.05, 0.1) is 44.3 Å². The Morgan fingerprint density at radius 3 is 1.71 bits per heavy atom. The van der Waals surface area contributed by atoms with Gasteiger partial charge in [-0.2, -0.15) is 5.26 Å². The van der Waals surface area contributed by atoms with Gasteiger partial charge in [-0.15, -0.1) is 22.7 Å². The second-order valence-corrected chi connectivity index (χ2v) is 14.4. The number of para-hydroxylation sites is 2. The summed E-state index contributed by atoms with van der Waals surface area (Å²) in [5.41, 5.74) is 9.03. The third-order valence-electron chi connectivity index (χ3n) is 9.66. The second-order valence-electron chi connectivity index (χ2n) is 12.3. The van der Waals surface area contributed by atoms with Crippen LogP contribution in [-0.4, -0.2) is 4.57 Å². The van der Waals surface area contributed by atoms with E-state index in [0.717, 1.165) is 39.0 Å². The molecule has 226 valence electrons. The molecule has 0 atom stereocenters. The number of hydrogen-bond donors (Lipinski definition) is 0. The first-order valence-electron chi connectivity index (χ1n) is 16.0. The maximum atomic E-state index is 9.94. The molecular weight excluding hydrogens is 635 g/mol. The van der Waals surface area contributed by atoms with Gasteiger partial charge in [0.2, 0.25) is 0 Å². The molecule has 0 aliphatic rings. The van der Waals surface area contributed by atoms with Crippen LogP contribution in [0.2, 0.25) is 0 Å². The van der Waals surface area contributed by atoms with E-state index in [1.165, 1.54) is 51.1 Å². The standard InChI is InChI=1S/C44H23N3S2/c1-46-30-15-11-27(12-16-30)28-13-20-41-36(23-28)34-18-19-35-37-24-29(14-21-42(37)49-44(35)43(34)48-41)31-17-10-26(25-45)22-40(31)47-38-8-4-2-6-32(38)33-7-3-5-9-39(33)47/h2-24H. The van der Waals surface area contributed by atoms with E-state index in [0.29, 0.717) is 11.3 Å². The lowest BCUT2D eigenvalue weighted by molar-refractivity contribution is 1.18. The molecule has 3 heterocycles. The number of aromatic nitrogens is 1. The number of benzene rings is 7. The van der Waals surface area contributed by atoms with Gasteiger partial charge in [-0.25, -0.2) is 4.85 Å². The fourth-order valence-electron chi connectivity index (χ4n) is 7.36. The van der Waals surface area contributed by atoms with Crippen LogP contribution in [0.25, 0.3) is 94.9 Å². The van der Waals surface area contributed by atoms with Crippen LogP contribution in [0.4, 0.5) is 5.69 Å². The second kappa shape index (κ2) is 10.6. The van der Waals surface area contributed by atoms with Crippen molar-refractivity contribution >= 4 is 90.5 Å². The highest BCUT2D eigenvalue weighted by molar-refractivity contribution is 7.33. The van der Waals surface area contributed by atoms with Gasteiger partial charge in [0.1, 0.15) is 0 Å². The number of hydrogen-bond acceptors (Lipinski definition) is 3. The van der Waals surface area contributed by atoms with E-state index < -0.39 is 0 Å². The Balaban J connectivity index is 1.16. The zero-order valence-corrected chi connectivity index (χ0v) is 27.6. The van der Waals surface area contributed by atoms with Crippen molar-refractivity contribution in [3.05, 3.63) is 157 Å². The van der Waals surface area contributed by atoms with Gasteiger partial charge in [0.25, 0.3) is 0 Å². The van der Waals surface area contributed by atoms with E-state index in [9.17, 15) is 5.26 Å². The van der Waals surface area contributed by atoms with Gasteiger partial charge in [0.15, 0.2) is 5.69 Å². The third kappa shape index (κ3) is 4.17. The number of nitrogens with zero attached hydrogens (tertiary/aromatic N) is 3. The van der Waals surface area contributed by atoms with E-state index in [-0.39, 0.29) is 0 Å². The maximum absolute atomic E-state index is 9.94. The molecule has 0 amide bonds. The molecule has 10 rings (SSSR count). The summed E-state index contributed by atoms with van der Waals surface area (Å²) in [6.45, 7) is 7.28. The Kier molecular flexibility index (Phi) is 6.04. The predicted molar refractivity (Wildman–Crippen MR) is 208 cm³/mol. The van der Waals surface area contributed by atoms with Crippen molar-refractivity contribution in [2.24, 2.45) is 0 Å². The van der Waals surface area contributed by atoms with Crippen LogP contribution in [0.15, 0.2) is 140 Å². The van der Waals surface area contributed by atoms with Crippen molar-refractivity contribution in [1.82, 2.24) is 4.57 Å². The summed E-state index contributed by atoms with van der Waals surface area (Å²) in [5.74, 6) is 0. The normalized spacial score (nSPS) is 11.6. The van der Waals surface area contributed by atoms with Crippen molar-refractivity contribution in [3.8, 4) is 34.0 Å². The van der Waals surface area contributed by atoms with Crippen molar-refractivity contribution in [1.29, 1.82) is 5.26 Å². The van der Waals surface area contributed by atoms with Crippen LogP contribution in [0.1, 0.15) is 5.56 Å². The summed E-state index contributed by atoms with van der Waals surface area (Å²) in [5, 5.41) is 17.4. The first kappa shape index (κ1) is 27.8. The topological polar surface area (TPSA) is 33.1 Å². The van der Waals surface area contributed by atoms with Crippen LogP contribution >= 0.6 is 22.7 Å². The van der Waals surface area contributed by atoms with E-state index in [1.54, 1.807) is 0 Å². The van der Waals surface area contributed by atoms with Gasteiger partial charge >= 0.3 is 0 Å². The summed E-state index contributed by atoms with van der Waals surface area (Å²) in [6.07, 6.45) is 0. The predicted octanol–water partition coefficient (Wildman–Crippen LogP) is 13.3. The van der Waals surface area contributed by atoms with E-state index in [1.807, 2.05) is 59.1 Å². The summed E-state index contributed by atoms with van der Waals surface area (Å²) >= 11 is 3.72. The Hall–Kier alpha value is -6.24. The molecule has 3 nitrogen and oxygen atoms in total. The SMILES string of the molecule is [C-]#[N+]c1ccc(-c2ccc3sc4c(ccc5c6cc(-c7ccc(C#N)cc7-n7c8ccccc8c8ccccc87)ccc6sc54)c3c2)cc1. The van der Waals surface area contributed by atoms with Gasteiger partial charge in [-0.1, -0.05) is 91.0 Å². The van der Waals surface area contributed by atoms with Crippen molar-refractivity contribution in [3.63, 3.8) is 0 Å². The van der Waals surface area contributed by atoms with Crippen molar-refractivity contribution in [2.45, 2.75) is 0 Å². The molecule has 7 aromatic carbocycles. The van der Waals surface area contributed by atoms with Crippen molar-refractivity contribution in [2.75, 3.05) is 0 Å². The summed E-state index contributed by atoms with van der Waals surface area (Å²) < 4.78 is 7.48. The minimum absolute atomic E-state index is 0.637. The van der Waals surface area contributed by atoms with Crippen LogP contribution in [-0.2, 0) is 0 Å². The zero-order valence-electron chi connectivity index (χ0n) is 25.9. The molecule has 0 saturated carbocycles. The molecule has 0 aliphatic heterocycles. The molecule has 0 saturated heterocycles. The molecular formula is C44H23N3S2. The average molecular weight is 658 g/mol. The van der Waals surface area contributed by atoms with E-state index in [2.05, 4.69) is 119 Å². The average Bonchev–Trinajstić information content (AvgIpc) is 3.83. The quantitative estimate of drug-likeness (QED) is 0.174. The van der Waals surface area contributed by atoms with E-state index >= 15 is 0 Å². The molecule has 3 aromatic heterocycles. The highest BCUT2D eigenvalue weighted by atomic mass is 32.1. The van der Waals surface area contributed by atoms with Crippen LogP contribution in [0.3, 0.4) is 0 Å². The first-order valence-corrected chi connectivity index (χ1v) is 17.6. The Morgan fingerprint density at radius 1 is 0.531 bits per heavy atom. The maximum Gasteiger partial charge on any atom is 0.187 e. The molecule has 0 aliphatic carbocycles. The van der Waals surface area contributed by atoms with Gasteiger partial charge in [-0.05, 0) is 65.2 Å². The molecule has 0 fully saturated rings. The molecule has 5 heteroatoms.